The van der Waals surface area contributed by atoms with E-state index >= 15 is 0 Å². The molecule has 14 heavy (non-hydrogen) atoms. The molecule has 78 valence electrons. The normalized spacial score (nSPS) is 21.0. The molecule has 1 aliphatic heterocycles. The van der Waals surface area contributed by atoms with Crippen molar-refractivity contribution < 1.29 is 0 Å². The maximum absolute atomic E-state index is 4.21. The Morgan fingerprint density at radius 1 is 1.29 bits per heavy atom. The Labute approximate surface area is 88.9 Å². The van der Waals surface area contributed by atoms with E-state index in [4.69, 9.17) is 0 Å². The van der Waals surface area contributed by atoms with Crippen molar-refractivity contribution in [1.29, 1.82) is 0 Å². The van der Waals surface area contributed by atoms with Crippen LogP contribution >= 0.6 is 12.6 Å². The predicted molar refractivity (Wildman–Crippen MR) is 55.2 cm³/mol. The number of hydrogen-bond donors (Lipinski definition) is 1. The van der Waals surface area contributed by atoms with Gasteiger partial charge in [-0.1, -0.05) is 6.42 Å². The Kier molecular flexibility index (Phi) is 3.02. The van der Waals surface area contributed by atoms with Crippen LogP contribution in [0.4, 0.5) is 0 Å². The molecule has 0 saturated carbocycles. The molecule has 0 amide bonds. The lowest BCUT2D eigenvalue weighted by molar-refractivity contribution is 0.108. The quantitative estimate of drug-likeness (QED) is 0.744. The highest BCUT2D eigenvalue weighted by Crippen LogP contribution is 2.19. The number of aromatic nitrogens is 4. The number of nitrogens with zero attached hydrogens (tertiary/aromatic N) is 5. The highest BCUT2D eigenvalue weighted by Gasteiger charge is 2.20. The van der Waals surface area contributed by atoms with Gasteiger partial charge < -0.3 is 0 Å². The molecule has 1 saturated heterocycles. The first-order valence-corrected chi connectivity index (χ1v) is 5.44. The Bertz CT molecular complexity index is 294. The molecule has 2 rings (SSSR count). The van der Waals surface area contributed by atoms with Gasteiger partial charge in [-0.25, -0.2) is 4.68 Å². The number of likely N-dealkylation sites (tertiary alicyclic amines) is 1. The van der Waals surface area contributed by atoms with Crippen LogP contribution in [0.15, 0.2) is 5.16 Å². The van der Waals surface area contributed by atoms with E-state index in [1.54, 1.807) is 4.68 Å². The summed E-state index contributed by atoms with van der Waals surface area (Å²) >= 11 is 4.21. The number of rotatable bonds is 2. The van der Waals surface area contributed by atoms with Gasteiger partial charge >= 0.3 is 0 Å². The molecule has 1 aliphatic rings. The van der Waals surface area contributed by atoms with Crippen molar-refractivity contribution >= 4 is 12.6 Å². The predicted octanol–water partition coefficient (Wildman–Crippen LogP) is 0.966. The van der Waals surface area contributed by atoms with Gasteiger partial charge in [0.15, 0.2) is 0 Å². The van der Waals surface area contributed by atoms with E-state index < -0.39 is 0 Å². The van der Waals surface area contributed by atoms with Crippen molar-refractivity contribution in [3.05, 3.63) is 0 Å². The number of hydrogen-bond acceptors (Lipinski definition) is 5. The van der Waals surface area contributed by atoms with Gasteiger partial charge in [-0.2, -0.15) is 0 Å². The zero-order valence-electron chi connectivity index (χ0n) is 8.30. The van der Waals surface area contributed by atoms with Crippen molar-refractivity contribution in [3.63, 3.8) is 0 Å². The molecule has 1 aromatic heterocycles. The van der Waals surface area contributed by atoms with Gasteiger partial charge in [0.1, 0.15) is 6.17 Å². The molecule has 1 atom stereocenters. The van der Waals surface area contributed by atoms with E-state index in [1.165, 1.54) is 19.3 Å². The lowest BCUT2D eigenvalue weighted by Gasteiger charge is -2.31. The zero-order valence-corrected chi connectivity index (χ0v) is 9.19. The maximum Gasteiger partial charge on any atom is 0.207 e. The Balaban J connectivity index is 2.07. The van der Waals surface area contributed by atoms with Crippen LogP contribution in [0.2, 0.25) is 0 Å². The molecule has 0 spiro atoms. The molecular formula is C8H15N5S. The second-order valence-electron chi connectivity index (χ2n) is 3.65. The first kappa shape index (κ1) is 9.92. The highest BCUT2D eigenvalue weighted by atomic mass is 32.1. The third-order valence-corrected chi connectivity index (χ3v) is 3.04. The third kappa shape index (κ3) is 1.90. The summed E-state index contributed by atoms with van der Waals surface area (Å²) in [6.45, 7) is 4.38. The first-order chi connectivity index (χ1) is 6.79. The van der Waals surface area contributed by atoms with E-state index in [9.17, 15) is 0 Å². The van der Waals surface area contributed by atoms with E-state index in [1.807, 2.05) is 0 Å². The molecular weight excluding hydrogens is 198 g/mol. The maximum atomic E-state index is 4.21. The summed E-state index contributed by atoms with van der Waals surface area (Å²) in [5, 5.41) is 11.9. The standard InChI is InChI=1S/C8H15N5S/c1-7(12-5-3-2-4-6-12)13-8(14)9-10-11-13/h7H,2-6H2,1H3,(H,9,11,14). The van der Waals surface area contributed by atoms with Crippen LogP contribution in [0.5, 0.6) is 0 Å². The minimum absolute atomic E-state index is 0.220. The van der Waals surface area contributed by atoms with E-state index in [2.05, 4.69) is 40.0 Å². The largest absolute Gasteiger partial charge is 0.282 e. The molecule has 5 nitrogen and oxygen atoms in total. The second-order valence-corrected chi connectivity index (χ2v) is 4.05. The summed E-state index contributed by atoms with van der Waals surface area (Å²) in [5.74, 6) is 0. The molecule has 2 heterocycles. The Hall–Kier alpha value is -0.620. The summed E-state index contributed by atoms with van der Waals surface area (Å²) < 4.78 is 1.76. The summed E-state index contributed by atoms with van der Waals surface area (Å²) in [6.07, 6.45) is 4.10. The molecule has 6 heteroatoms. The molecule has 0 aromatic carbocycles. The van der Waals surface area contributed by atoms with Gasteiger partial charge in [-0.15, -0.1) is 17.7 Å². The lowest BCUT2D eigenvalue weighted by atomic mass is 10.1. The summed E-state index contributed by atoms with van der Waals surface area (Å²) in [5.41, 5.74) is 0. The molecule has 1 aromatic rings. The van der Waals surface area contributed by atoms with Crippen LogP contribution in [-0.4, -0.2) is 38.2 Å². The van der Waals surface area contributed by atoms with Gasteiger partial charge in [0.05, 0.1) is 0 Å². The second kappa shape index (κ2) is 4.27. The van der Waals surface area contributed by atoms with Crippen molar-refractivity contribution in [2.75, 3.05) is 13.1 Å². The minimum Gasteiger partial charge on any atom is -0.282 e. The van der Waals surface area contributed by atoms with Crippen LogP contribution in [0.1, 0.15) is 32.4 Å². The fourth-order valence-corrected chi connectivity index (χ4v) is 2.12. The molecule has 1 fully saturated rings. The van der Waals surface area contributed by atoms with Gasteiger partial charge in [0, 0.05) is 13.1 Å². The van der Waals surface area contributed by atoms with Gasteiger partial charge in [0.2, 0.25) is 5.16 Å². The van der Waals surface area contributed by atoms with Gasteiger partial charge in [-0.05, 0) is 30.2 Å². The van der Waals surface area contributed by atoms with Crippen molar-refractivity contribution in [2.24, 2.45) is 0 Å². The van der Waals surface area contributed by atoms with Crippen LogP contribution in [0.25, 0.3) is 0 Å². The lowest BCUT2D eigenvalue weighted by Crippen LogP contribution is -2.35. The molecule has 0 N–H and O–H groups in total. The van der Waals surface area contributed by atoms with E-state index in [-0.39, 0.29) is 6.17 Å². The fraction of sp³-hybridized carbons (Fsp3) is 0.875. The molecule has 0 bridgehead atoms. The topological polar surface area (TPSA) is 46.8 Å². The van der Waals surface area contributed by atoms with Crippen LogP contribution in [-0.2, 0) is 0 Å². The van der Waals surface area contributed by atoms with Crippen molar-refractivity contribution in [3.8, 4) is 0 Å². The van der Waals surface area contributed by atoms with Crippen LogP contribution < -0.4 is 0 Å². The smallest absolute Gasteiger partial charge is 0.207 e. The average molecular weight is 213 g/mol. The van der Waals surface area contributed by atoms with E-state index in [0.717, 1.165) is 13.1 Å². The summed E-state index contributed by atoms with van der Waals surface area (Å²) in [7, 11) is 0. The zero-order chi connectivity index (χ0) is 9.97. The SMILES string of the molecule is CC(N1CCCCC1)n1nnnc1S. The first-order valence-electron chi connectivity index (χ1n) is 5.00. The number of tetrazole rings is 1. The van der Waals surface area contributed by atoms with Crippen molar-refractivity contribution in [2.45, 2.75) is 37.5 Å². The molecule has 1 unspecified atom stereocenters. The summed E-state index contributed by atoms with van der Waals surface area (Å²) in [4.78, 5) is 2.39. The molecule has 0 radical (unpaired) electrons. The van der Waals surface area contributed by atoms with Crippen LogP contribution in [0.3, 0.4) is 0 Å². The Morgan fingerprint density at radius 2 is 2.00 bits per heavy atom. The molecule has 0 aliphatic carbocycles. The third-order valence-electron chi connectivity index (χ3n) is 2.75. The minimum atomic E-state index is 0.220. The fourth-order valence-electron chi connectivity index (χ4n) is 1.88. The number of piperidine rings is 1. The highest BCUT2D eigenvalue weighted by molar-refractivity contribution is 7.80. The summed E-state index contributed by atoms with van der Waals surface area (Å²) in [6, 6.07) is 0. The van der Waals surface area contributed by atoms with Gasteiger partial charge in [-0.3, -0.25) is 4.90 Å². The van der Waals surface area contributed by atoms with Gasteiger partial charge in [0.25, 0.3) is 0 Å². The average Bonchev–Trinajstić information content (AvgIpc) is 2.65. The number of thiol groups is 1. The Morgan fingerprint density at radius 3 is 2.57 bits per heavy atom. The van der Waals surface area contributed by atoms with Crippen LogP contribution in [0, 0.1) is 0 Å². The van der Waals surface area contributed by atoms with Crippen molar-refractivity contribution in [1.82, 2.24) is 25.1 Å². The monoisotopic (exact) mass is 213 g/mol. The van der Waals surface area contributed by atoms with E-state index in [0.29, 0.717) is 5.16 Å².